The van der Waals surface area contributed by atoms with Crippen LogP contribution in [-0.2, 0) is 32.5 Å². The van der Waals surface area contributed by atoms with E-state index in [0.29, 0.717) is 31.6 Å². The fraction of sp³-hybridized carbons (Fsp3) is 0.500. The predicted molar refractivity (Wildman–Crippen MR) is 156 cm³/mol. The summed E-state index contributed by atoms with van der Waals surface area (Å²) < 4.78 is 33.0. The summed E-state index contributed by atoms with van der Waals surface area (Å²) in [5.41, 5.74) is 0.991. The molecule has 13 heteroatoms. The Morgan fingerprint density at radius 1 is 1.02 bits per heavy atom. The molecule has 224 valence electrons. The van der Waals surface area contributed by atoms with Gasteiger partial charge >= 0.3 is 6.09 Å². The van der Waals surface area contributed by atoms with Crippen LogP contribution < -0.4 is 10.6 Å². The van der Waals surface area contributed by atoms with Crippen molar-refractivity contribution in [2.45, 2.75) is 59.4 Å². The van der Waals surface area contributed by atoms with Gasteiger partial charge in [0.1, 0.15) is 5.00 Å². The molecule has 0 saturated heterocycles. The number of fused-ring (bicyclic) bond motifs is 1. The van der Waals surface area contributed by atoms with Gasteiger partial charge in [-0.3, -0.25) is 19.7 Å². The summed E-state index contributed by atoms with van der Waals surface area (Å²) in [6, 6.07) is 5.65. The van der Waals surface area contributed by atoms with E-state index in [9.17, 15) is 27.6 Å². The normalized spacial score (nSPS) is 13.3. The Morgan fingerprint density at radius 3 is 2.17 bits per heavy atom. The molecule has 2 aromatic rings. The predicted octanol–water partition coefficient (Wildman–Crippen LogP) is 4.09. The standard InChI is InChI=1S/C28H38N4O7S2/c1-7-39-28(36)30-26(35)24-22-12-13-31(19(6)33)16-23(22)40-27(24)29-25(34)20-8-10-21(11-9-20)41(37,38)32(14-17(2)3)15-18(4)5/h8-11,17-18H,7,12-16H2,1-6H3,(H,29,34)(H,30,35,36). The number of amides is 4. The molecule has 0 bridgehead atoms. The highest BCUT2D eigenvalue weighted by Crippen LogP contribution is 2.37. The Balaban J connectivity index is 1.89. The molecular weight excluding hydrogens is 568 g/mol. The second-order valence-corrected chi connectivity index (χ2v) is 13.7. The van der Waals surface area contributed by atoms with E-state index in [1.165, 1.54) is 35.5 Å². The van der Waals surface area contributed by atoms with Crippen LogP contribution in [0.4, 0.5) is 9.80 Å². The van der Waals surface area contributed by atoms with Crippen molar-refractivity contribution in [2.24, 2.45) is 11.8 Å². The Bertz CT molecular complexity index is 1390. The zero-order valence-electron chi connectivity index (χ0n) is 24.3. The Labute approximate surface area is 245 Å². The second-order valence-electron chi connectivity index (χ2n) is 10.7. The van der Waals surface area contributed by atoms with Crippen LogP contribution in [0.3, 0.4) is 0 Å². The lowest BCUT2D eigenvalue weighted by molar-refractivity contribution is -0.129. The zero-order valence-corrected chi connectivity index (χ0v) is 25.9. The van der Waals surface area contributed by atoms with Crippen LogP contribution in [0.5, 0.6) is 0 Å². The number of carbonyl (C=O) groups excluding carboxylic acids is 4. The van der Waals surface area contributed by atoms with E-state index >= 15 is 0 Å². The van der Waals surface area contributed by atoms with Gasteiger partial charge in [0.15, 0.2) is 0 Å². The van der Waals surface area contributed by atoms with Crippen molar-refractivity contribution in [3.05, 3.63) is 45.8 Å². The van der Waals surface area contributed by atoms with Gasteiger partial charge in [-0.2, -0.15) is 4.31 Å². The minimum atomic E-state index is -3.77. The van der Waals surface area contributed by atoms with Crippen LogP contribution >= 0.6 is 11.3 Å². The number of rotatable bonds is 10. The van der Waals surface area contributed by atoms with Gasteiger partial charge in [-0.1, -0.05) is 27.7 Å². The van der Waals surface area contributed by atoms with Crippen LogP contribution in [-0.4, -0.2) is 67.7 Å². The van der Waals surface area contributed by atoms with E-state index in [2.05, 4.69) is 10.6 Å². The lowest BCUT2D eigenvalue weighted by atomic mass is 10.0. The number of nitrogens with one attached hydrogen (secondary N) is 2. The van der Waals surface area contributed by atoms with Crippen molar-refractivity contribution in [3.8, 4) is 0 Å². The van der Waals surface area contributed by atoms with Crippen LogP contribution in [0.2, 0.25) is 0 Å². The number of alkyl carbamates (subject to hydrolysis) is 1. The van der Waals surface area contributed by atoms with Crippen LogP contribution in [0.1, 0.15) is 72.7 Å². The first-order valence-electron chi connectivity index (χ1n) is 13.5. The van der Waals surface area contributed by atoms with Gasteiger partial charge < -0.3 is 15.0 Å². The summed E-state index contributed by atoms with van der Waals surface area (Å²) in [5, 5.41) is 5.16. The third-order valence-electron chi connectivity index (χ3n) is 6.34. The number of sulfonamides is 1. The fourth-order valence-electron chi connectivity index (χ4n) is 4.51. The third kappa shape index (κ3) is 7.92. The van der Waals surface area contributed by atoms with Gasteiger partial charge in [-0.05, 0) is 55.0 Å². The van der Waals surface area contributed by atoms with E-state index in [0.717, 1.165) is 16.2 Å². The number of hydrogen-bond acceptors (Lipinski definition) is 8. The molecule has 11 nitrogen and oxygen atoms in total. The molecule has 2 heterocycles. The number of carbonyl (C=O) groups is 4. The third-order valence-corrected chi connectivity index (χ3v) is 9.32. The number of hydrogen-bond donors (Lipinski definition) is 2. The number of imide groups is 1. The van der Waals surface area contributed by atoms with Crippen LogP contribution in [0.25, 0.3) is 0 Å². The Kier molecular flexibility index (Phi) is 10.7. The zero-order chi connectivity index (χ0) is 30.5. The quantitative estimate of drug-likeness (QED) is 0.415. The maximum Gasteiger partial charge on any atom is 0.414 e. The molecule has 0 saturated carbocycles. The molecule has 0 unspecified atom stereocenters. The molecule has 1 aromatic carbocycles. The summed E-state index contributed by atoms with van der Waals surface area (Å²) in [5.74, 6) is -1.10. The molecule has 1 aromatic heterocycles. The lowest BCUT2D eigenvalue weighted by Gasteiger charge is -2.26. The van der Waals surface area contributed by atoms with Gasteiger partial charge in [0, 0.05) is 37.0 Å². The molecule has 0 radical (unpaired) electrons. The summed E-state index contributed by atoms with van der Waals surface area (Å²) in [7, 11) is -3.77. The summed E-state index contributed by atoms with van der Waals surface area (Å²) in [4.78, 5) is 52.6. The average molecular weight is 607 g/mol. The smallest absolute Gasteiger partial charge is 0.414 e. The summed E-state index contributed by atoms with van der Waals surface area (Å²) >= 11 is 1.16. The minimum absolute atomic E-state index is 0.0798. The first kappa shape index (κ1) is 32.2. The average Bonchev–Trinajstić information content (AvgIpc) is 3.24. The first-order chi connectivity index (χ1) is 19.2. The Morgan fingerprint density at radius 2 is 1.63 bits per heavy atom. The maximum absolute atomic E-state index is 13.3. The van der Waals surface area contributed by atoms with Crippen LogP contribution in [0.15, 0.2) is 29.2 Å². The number of anilines is 1. The second kappa shape index (κ2) is 13.6. The molecule has 4 amide bonds. The largest absolute Gasteiger partial charge is 0.450 e. The van der Waals surface area contributed by atoms with Crippen molar-refractivity contribution in [1.82, 2.24) is 14.5 Å². The molecular formula is C28H38N4O7S2. The number of benzene rings is 1. The molecule has 41 heavy (non-hydrogen) atoms. The van der Waals surface area contributed by atoms with E-state index in [-0.39, 0.29) is 51.9 Å². The molecule has 1 aliphatic rings. The first-order valence-corrected chi connectivity index (χ1v) is 15.8. The summed E-state index contributed by atoms with van der Waals surface area (Å²) in [6.45, 7) is 12.4. The SMILES string of the molecule is CCOC(=O)NC(=O)c1c(NC(=O)c2ccc(S(=O)(=O)N(CC(C)C)CC(C)C)cc2)sc2c1CCN(C(C)=O)C2. The van der Waals surface area contributed by atoms with Gasteiger partial charge in [-0.25, -0.2) is 13.2 Å². The van der Waals surface area contributed by atoms with Gasteiger partial charge in [0.2, 0.25) is 15.9 Å². The van der Waals surface area contributed by atoms with Crippen molar-refractivity contribution < 1.29 is 32.3 Å². The molecule has 0 fully saturated rings. The molecule has 3 rings (SSSR count). The van der Waals surface area contributed by atoms with Crippen LogP contribution in [0, 0.1) is 11.8 Å². The van der Waals surface area contributed by atoms with Gasteiger partial charge in [0.05, 0.1) is 23.6 Å². The highest BCUT2D eigenvalue weighted by Gasteiger charge is 2.31. The number of ether oxygens (including phenoxy) is 1. The van der Waals surface area contributed by atoms with Crippen molar-refractivity contribution in [2.75, 3.05) is 31.6 Å². The van der Waals surface area contributed by atoms with E-state index in [1.807, 2.05) is 27.7 Å². The fourth-order valence-corrected chi connectivity index (χ4v) is 7.53. The van der Waals surface area contributed by atoms with Gasteiger partial charge in [-0.15, -0.1) is 11.3 Å². The molecule has 0 atom stereocenters. The topological polar surface area (TPSA) is 142 Å². The van der Waals surface area contributed by atoms with Crippen molar-refractivity contribution in [1.29, 1.82) is 0 Å². The Hall–Kier alpha value is -3.29. The molecule has 0 aliphatic carbocycles. The lowest BCUT2D eigenvalue weighted by Crippen LogP contribution is -2.37. The number of thiophene rings is 1. The monoisotopic (exact) mass is 606 g/mol. The number of nitrogens with zero attached hydrogens (tertiary/aromatic N) is 2. The highest BCUT2D eigenvalue weighted by molar-refractivity contribution is 7.89. The molecule has 2 N–H and O–H groups in total. The molecule has 0 spiro atoms. The minimum Gasteiger partial charge on any atom is -0.450 e. The van der Waals surface area contributed by atoms with E-state index < -0.39 is 27.9 Å². The highest BCUT2D eigenvalue weighted by atomic mass is 32.2. The summed E-state index contributed by atoms with van der Waals surface area (Å²) in [6.07, 6.45) is -0.528. The van der Waals surface area contributed by atoms with E-state index in [1.54, 1.807) is 11.8 Å². The van der Waals surface area contributed by atoms with Crippen molar-refractivity contribution >= 4 is 50.2 Å². The van der Waals surface area contributed by atoms with Crippen molar-refractivity contribution in [3.63, 3.8) is 0 Å². The van der Waals surface area contributed by atoms with Gasteiger partial charge in [0.25, 0.3) is 11.8 Å². The van der Waals surface area contributed by atoms with E-state index in [4.69, 9.17) is 4.74 Å². The maximum atomic E-state index is 13.3. The molecule has 1 aliphatic heterocycles.